The van der Waals surface area contributed by atoms with Gasteiger partial charge in [0.1, 0.15) is 0 Å². The van der Waals surface area contributed by atoms with Crippen LogP contribution in [0.3, 0.4) is 0 Å². The normalized spacial score (nSPS) is 24.8. The standard InChI is InChI=1S/C14H21NO/c16-14-7-6-13(10-14)11-15-9-8-12-4-2-1-3-5-12/h1-5,13-16H,6-11H2. The van der Waals surface area contributed by atoms with E-state index in [0.717, 1.165) is 32.4 Å². The Morgan fingerprint density at radius 2 is 2.00 bits per heavy atom. The Morgan fingerprint density at radius 1 is 1.19 bits per heavy atom. The zero-order chi connectivity index (χ0) is 11.2. The van der Waals surface area contributed by atoms with Gasteiger partial charge >= 0.3 is 0 Å². The second-order valence-electron chi connectivity index (χ2n) is 4.77. The smallest absolute Gasteiger partial charge is 0.0543 e. The van der Waals surface area contributed by atoms with Crippen molar-refractivity contribution in [2.45, 2.75) is 31.8 Å². The van der Waals surface area contributed by atoms with Crippen molar-refractivity contribution in [2.75, 3.05) is 13.1 Å². The second-order valence-corrected chi connectivity index (χ2v) is 4.77. The van der Waals surface area contributed by atoms with Crippen LogP contribution in [0.4, 0.5) is 0 Å². The molecule has 0 saturated heterocycles. The topological polar surface area (TPSA) is 32.3 Å². The summed E-state index contributed by atoms with van der Waals surface area (Å²) in [5.41, 5.74) is 1.39. The molecule has 2 N–H and O–H groups in total. The lowest BCUT2D eigenvalue weighted by Gasteiger charge is -2.10. The fraction of sp³-hybridized carbons (Fsp3) is 0.571. The van der Waals surface area contributed by atoms with Crippen molar-refractivity contribution in [1.29, 1.82) is 0 Å². The van der Waals surface area contributed by atoms with E-state index in [9.17, 15) is 5.11 Å². The maximum Gasteiger partial charge on any atom is 0.0543 e. The zero-order valence-corrected chi connectivity index (χ0v) is 9.73. The van der Waals surface area contributed by atoms with E-state index in [4.69, 9.17) is 0 Å². The molecular weight excluding hydrogens is 198 g/mol. The third-order valence-electron chi connectivity index (χ3n) is 3.38. The summed E-state index contributed by atoms with van der Waals surface area (Å²) in [7, 11) is 0. The maximum atomic E-state index is 9.41. The van der Waals surface area contributed by atoms with Crippen LogP contribution in [0, 0.1) is 5.92 Å². The van der Waals surface area contributed by atoms with E-state index in [0.29, 0.717) is 5.92 Å². The number of rotatable bonds is 5. The van der Waals surface area contributed by atoms with Gasteiger partial charge in [-0.3, -0.25) is 0 Å². The largest absolute Gasteiger partial charge is 0.393 e. The van der Waals surface area contributed by atoms with Crippen molar-refractivity contribution in [3.05, 3.63) is 35.9 Å². The van der Waals surface area contributed by atoms with Crippen LogP contribution >= 0.6 is 0 Å². The zero-order valence-electron chi connectivity index (χ0n) is 9.73. The van der Waals surface area contributed by atoms with E-state index in [2.05, 4.69) is 35.6 Å². The molecule has 1 aliphatic carbocycles. The third kappa shape index (κ3) is 3.62. The first-order valence-electron chi connectivity index (χ1n) is 6.27. The van der Waals surface area contributed by atoms with Crippen LogP contribution in [0.2, 0.25) is 0 Å². The molecule has 1 saturated carbocycles. The highest BCUT2D eigenvalue weighted by molar-refractivity contribution is 5.14. The Hall–Kier alpha value is -0.860. The molecule has 2 rings (SSSR count). The number of hydrogen-bond acceptors (Lipinski definition) is 2. The summed E-state index contributed by atoms with van der Waals surface area (Å²) in [6, 6.07) is 10.6. The molecule has 0 amide bonds. The molecule has 16 heavy (non-hydrogen) atoms. The van der Waals surface area contributed by atoms with Gasteiger partial charge < -0.3 is 10.4 Å². The highest BCUT2D eigenvalue weighted by atomic mass is 16.3. The van der Waals surface area contributed by atoms with Crippen molar-refractivity contribution in [3.63, 3.8) is 0 Å². The van der Waals surface area contributed by atoms with Crippen LogP contribution in [-0.4, -0.2) is 24.3 Å². The number of aliphatic hydroxyl groups excluding tert-OH is 1. The van der Waals surface area contributed by atoms with Crippen molar-refractivity contribution in [2.24, 2.45) is 5.92 Å². The average Bonchev–Trinajstić information content (AvgIpc) is 2.72. The Kier molecular flexibility index (Phi) is 4.37. The van der Waals surface area contributed by atoms with E-state index >= 15 is 0 Å². The molecule has 1 aromatic rings. The van der Waals surface area contributed by atoms with Gasteiger partial charge in [-0.1, -0.05) is 30.3 Å². The average molecular weight is 219 g/mol. The second kappa shape index (κ2) is 6.02. The van der Waals surface area contributed by atoms with Crippen LogP contribution in [0.25, 0.3) is 0 Å². The van der Waals surface area contributed by atoms with Crippen molar-refractivity contribution in [3.8, 4) is 0 Å². The molecule has 88 valence electrons. The molecule has 0 spiro atoms. The van der Waals surface area contributed by atoms with Crippen LogP contribution in [0.5, 0.6) is 0 Å². The molecule has 0 aliphatic heterocycles. The first kappa shape index (κ1) is 11.6. The summed E-state index contributed by atoms with van der Waals surface area (Å²) in [4.78, 5) is 0. The molecule has 2 heteroatoms. The van der Waals surface area contributed by atoms with Gasteiger partial charge in [-0.05, 0) is 50.3 Å². The van der Waals surface area contributed by atoms with Gasteiger partial charge in [-0.15, -0.1) is 0 Å². The van der Waals surface area contributed by atoms with E-state index in [1.807, 2.05) is 0 Å². The van der Waals surface area contributed by atoms with Crippen LogP contribution in [-0.2, 0) is 6.42 Å². The molecule has 2 nitrogen and oxygen atoms in total. The van der Waals surface area contributed by atoms with Crippen molar-refractivity contribution >= 4 is 0 Å². The van der Waals surface area contributed by atoms with Crippen molar-refractivity contribution < 1.29 is 5.11 Å². The van der Waals surface area contributed by atoms with Crippen molar-refractivity contribution in [1.82, 2.24) is 5.32 Å². The summed E-state index contributed by atoms with van der Waals surface area (Å²) in [6.45, 7) is 2.10. The molecule has 0 radical (unpaired) electrons. The lowest BCUT2D eigenvalue weighted by Crippen LogP contribution is -2.24. The van der Waals surface area contributed by atoms with E-state index in [1.54, 1.807) is 0 Å². The van der Waals surface area contributed by atoms with Crippen LogP contribution in [0.15, 0.2) is 30.3 Å². The van der Waals surface area contributed by atoms with Gasteiger partial charge in [0.25, 0.3) is 0 Å². The van der Waals surface area contributed by atoms with Gasteiger partial charge in [0.05, 0.1) is 6.10 Å². The van der Waals surface area contributed by atoms with Gasteiger partial charge in [0, 0.05) is 0 Å². The van der Waals surface area contributed by atoms with E-state index in [-0.39, 0.29) is 6.10 Å². The molecule has 0 heterocycles. The number of benzene rings is 1. The maximum absolute atomic E-state index is 9.41. The molecular formula is C14H21NO. The van der Waals surface area contributed by atoms with E-state index < -0.39 is 0 Å². The van der Waals surface area contributed by atoms with Crippen LogP contribution in [0.1, 0.15) is 24.8 Å². The first-order chi connectivity index (χ1) is 7.84. The fourth-order valence-electron chi connectivity index (χ4n) is 2.42. The quantitative estimate of drug-likeness (QED) is 0.742. The number of hydrogen-bond donors (Lipinski definition) is 2. The highest BCUT2D eigenvalue weighted by Gasteiger charge is 2.21. The summed E-state index contributed by atoms with van der Waals surface area (Å²) < 4.78 is 0. The van der Waals surface area contributed by atoms with E-state index in [1.165, 1.54) is 12.0 Å². The fourth-order valence-corrected chi connectivity index (χ4v) is 2.42. The third-order valence-corrected chi connectivity index (χ3v) is 3.38. The minimum Gasteiger partial charge on any atom is -0.393 e. The minimum absolute atomic E-state index is 0.0408. The Morgan fingerprint density at radius 3 is 2.69 bits per heavy atom. The predicted octanol–water partition coefficient (Wildman–Crippen LogP) is 1.98. The molecule has 2 unspecified atom stereocenters. The summed E-state index contributed by atoms with van der Waals surface area (Å²) in [5, 5.41) is 12.9. The number of nitrogens with one attached hydrogen (secondary N) is 1. The van der Waals surface area contributed by atoms with Gasteiger partial charge in [0.15, 0.2) is 0 Å². The molecule has 1 fully saturated rings. The molecule has 1 aliphatic rings. The summed E-state index contributed by atoms with van der Waals surface area (Å²) in [6.07, 6.45) is 4.21. The van der Waals surface area contributed by atoms with Gasteiger partial charge in [0.2, 0.25) is 0 Å². The van der Waals surface area contributed by atoms with Gasteiger partial charge in [-0.25, -0.2) is 0 Å². The molecule has 1 aromatic carbocycles. The SMILES string of the molecule is OC1CCC(CNCCc2ccccc2)C1. The summed E-state index contributed by atoms with van der Waals surface area (Å²) in [5.74, 6) is 0.686. The first-order valence-corrected chi connectivity index (χ1v) is 6.27. The lowest BCUT2D eigenvalue weighted by atomic mass is 10.1. The molecule has 0 aromatic heterocycles. The summed E-state index contributed by atoms with van der Waals surface area (Å²) >= 11 is 0. The van der Waals surface area contributed by atoms with Crippen LogP contribution < -0.4 is 5.32 Å². The Labute approximate surface area is 97.7 Å². The predicted molar refractivity (Wildman–Crippen MR) is 66.4 cm³/mol. The molecule has 2 atom stereocenters. The highest BCUT2D eigenvalue weighted by Crippen LogP contribution is 2.24. The van der Waals surface area contributed by atoms with Gasteiger partial charge in [-0.2, -0.15) is 0 Å². The Bertz CT molecular complexity index is 299. The Balaban J connectivity index is 1.59. The number of aliphatic hydroxyl groups is 1. The molecule has 0 bridgehead atoms. The minimum atomic E-state index is -0.0408. The lowest BCUT2D eigenvalue weighted by molar-refractivity contribution is 0.177. The monoisotopic (exact) mass is 219 g/mol.